The number of likely N-dealkylation sites (tertiary alicyclic amines) is 1. The van der Waals surface area contributed by atoms with E-state index in [9.17, 15) is 8.42 Å². The molecular formula is C18H39IN4O2S. The first-order valence-electron chi connectivity index (χ1n) is 9.49. The molecule has 0 amide bonds. The summed E-state index contributed by atoms with van der Waals surface area (Å²) in [5.41, 5.74) is -0.0933. The molecule has 6 nitrogen and oxygen atoms in total. The van der Waals surface area contributed by atoms with E-state index >= 15 is 0 Å². The number of sulfone groups is 1. The molecule has 1 saturated heterocycles. The number of piperidine rings is 1. The van der Waals surface area contributed by atoms with Gasteiger partial charge in [-0.25, -0.2) is 8.42 Å². The van der Waals surface area contributed by atoms with E-state index in [1.165, 1.54) is 32.1 Å². The van der Waals surface area contributed by atoms with Crippen LogP contribution >= 0.6 is 24.0 Å². The van der Waals surface area contributed by atoms with Crippen LogP contribution in [0.5, 0.6) is 0 Å². The first-order chi connectivity index (χ1) is 11.6. The molecule has 26 heavy (non-hydrogen) atoms. The van der Waals surface area contributed by atoms with Crippen molar-refractivity contribution in [3.8, 4) is 0 Å². The maximum Gasteiger partial charge on any atom is 0.190 e. The lowest BCUT2D eigenvalue weighted by Gasteiger charge is -2.33. The van der Waals surface area contributed by atoms with Gasteiger partial charge in [0.15, 0.2) is 5.96 Å². The van der Waals surface area contributed by atoms with E-state index in [0.29, 0.717) is 19.0 Å². The summed E-state index contributed by atoms with van der Waals surface area (Å²) in [5, 5.41) is 6.69. The van der Waals surface area contributed by atoms with Crippen LogP contribution in [-0.4, -0.2) is 70.6 Å². The average molecular weight is 503 g/mol. The molecule has 0 bridgehead atoms. The number of guanidine groups is 1. The molecule has 8 heteroatoms. The summed E-state index contributed by atoms with van der Waals surface area (Å²) in [6.45, 7) is 10.4. The first kappa shape index (κ1) is 25.9. The second-order valence-electron chi connectivity index (χ2n) is 8.13. The second-order valence-corrected chi connectivity index (χ2v) is 10.4. The van der Waals surface area contributed by atoms with Crippen molar-refractivity contribution < 1.29 is 8.42 Å². The van der Waals surface area contributed by atoms with E-state index in [-0.39, 0.29) is 35.1 Å². The van der Waals surface area contributed by atoms with Crippen molar-refractivity contribution in [2.45, 2.75) is 58.9 Å². The van der Waals surface area contributed by atoms with Crippen LogP contribution in [0.2, 0.25) is 0 Å². The molecule has 156 valence electrons. The Bertz CT molecular complexity index is 523. The number of halogens is 1. The highest BCUT2D eigenvalue weighted by atomic mass is 127. The lowest BCUT2D eigenvalue weighted by molar-refractivity contribution is 0.159. The quantitative estimate of drug-likeness (QED) is 0.219. The van der Waals surface area contributed by atoms with E-state index in [1.807, 2.05) is 0 Å². The third-order valence-corrected chi connectivity index (χ3v) is 5.91. The zero-order valence-corrected chi connectivity index (χ0v) is 20.3. The third kappa shape index (κ3) is 11.6. The maximum atomic E-state index is 11.3. The molecule has 1 unspecified atom stereocenters. The zero-order chi connectivity index (χ0) is 18.9. The molecule has 0 aliphatic carbocycles. The fourth-order valence-corrected chi connectivity index (χ4v) is 4.00. The van der Waals surface area contributed by atoms with Gasteiger partial charge in [0.05, 0.1) is 5.75 Å². The van der Waals surface area contributed by atoms with Gasteiger partial charge in [-0.2, -0.15) is 0 Å². The fraction of sp³-hybridized carbons (Fsp3) is 0.944. The van der Waals surface area contributed by atoms with Crippen LogP contribution in [0.4, 0.5) is 0 Å². The number of rotatable bonds is 9. The van der Waals surface area contributed by atoms with Gasteiger partial charge in [0.1, 0.15) is 9.84 Å². The first-order valence-corrected chi connectivity index (χ1v) is 11.6. The van der Waals surface area contributed by atoms with Crippen molar-refractivity contribution in [1.82, 2.24) is 15.5 Å². The monoisotopic (exact) mass is 502 g/mol. The molecule has 1 aliphatic rings. The summed E-state index contributed by atoms with van der Waals surface area (Å²) < 4.78 is 22.7. The van der Waals surface area contributed by atoms with Gasteiger partial charge in [-0.15, -0.1) is 24.0 Å². The van der Waals surface area contributed by atoms with Crippen LogP contribution in [-0.2, 0) is 9.84 Å². The van der Waals surface area contributed by atoms with Crippen LogP contribution in [0.25, 0.3) is 0 Å². The number of hydrogen-bond acceptors (Lipinski definition) is 4. The van der Waals surface area contributed by atoms with Crippen molar-refractivity contribution in [3.63, 3.8) is 0 Å². The third-order valence-electron chi connectivity index (χ3n) is 4.96. The molecule has 0 aromatic rings. The Kier molecular flexibility index (Phi) is 12.3. The van der Waals surface area contributed by atoms with Gasteiger partial charge in [0.25, 0.3) is 0 Å². The SMILES string of the molecule is CN=C(NCCCN1CCCCC1C)NCC(C)(C)CCS(C)(=O)=O.I. The predicted molar refractivity (Wildman–Crippen MR) is 122 cm³/mol. The summed E-state index contributed by atoms with van der Waals surface area (Å²) >= 11 is 0. The highest BCUT2D eigenvalue weighted by molar-refractivity contribution is 14.0. The topological polar surface area (TPSA) is 73.8 Å². The van der Waals surface area contributed by atoms with E-state index in [1.54, 1.807) is 7.05 Å². The Labute approximate surface area is 177 Å². The van der Waals surface area contributed by atoms with Crippen LogP contribution < -0.4 is 10.6 Å². The van der Waals surface area contributed by atoms with Gasteiger partial charge in [-0.05, 0) is 44.6 Å². The van der Waals surface area contributed by atoms with E-state index in [2.05, 4.69) is 41.3 Å². The predicted octanol–water partition coefficient (Wildman–Crippen LogP) is 2.49. The molecule has 0 aromatic heterocycles. The molecule has 1 atom stereocenters. The average Bonchev–Trinajstić information content (AvgIpc) is 2.53. The van der Waals surface area contributed by atoms with Crippen LogP contribution in [0.3, 0.4) is 0 Å². The smallest absolute Gasteiger partial charge is 0.190 e. The van der Waals surface area contributed by atoms with Crippen LogP contribution in [0, 0.1) is 5.41 Å². The molecule has 2 N–H and O–H groups in total. The zero-order valence-electron chi connectivity index (χ0n) is 17.2. The highest BCUT2D eigenvalue weighted by Gasteiger charge is 2.21. The van der Waals surface area contributed by atoms with E-state index in [4.69, 9.17) is 0 Å². The van der Waals surface area contributed by atoms with Crippen molar-refractivity contribution in [2.24, 2.45) is 10.4 Å². The maximum absolute atomic E-state index is 11.3. The summed E-state index contributed by atoms with van der Waals surface area (Å²) in [6, 6.07) is 0.710. The van der Waals surface area contributed by atoms with Crippen LogP contribution in [0.15, 0.2) is 4.99 Å². The minimum absolute atomic E-state index is 0. The van der Waals surface area contributed by atoms with Crippen molar-refractivity contribution in [1.29, 1.82) is 0 Å². The standard InChI is InChI=1S/C18H38N4O2S.HI/c1-16-9-6-7-12-22(16)13-8-11-20-17(19-4)21-15-18(2,3)10-14-25(5,23)24;/h16H,6-15H2,1-5H3,(H2,19,20,21);1H. The second kappa shape index (κ2) is 12.4. The van der Waals surface area contributed by atoms with Gasteiger partial charge in [0.2, 0.25) is 0 Å². The fourth-order valence-electron chi connectivity index (χ4n) is 3.07. The molecule has 1 fully saturated rings. The Morgan fingerprint density at radius 3 is 2.54 bits per heavy atom. The summed E-state index contributed by atoms with van der Waals surface area (Å²) in [6.07, 6.45) is 7.04. The minimum atomic E-state index is -2.91. The molecule has 1 heterocycles. The summed E-state index contributed by atoms with van der Waals surface area (Å²) in [7, 11) is -1.14. The number of nitrogens with one attached hydrogen (secondary N) is 2. The largest absolute Gasteiger partial charge is 0.356 e. The molecule has 0 spiro atoms. The molecule has 0 radical (unpaired) electrons. The highest BCUT2D eigenvalue weighted by Crippen LogP contribution is 2.19. The number of aliphatic imine (C=N–C) groups is 1. The number of nitrogens with zero attached hydrogens (tertiary/aromatic N) is 2. The Morgan fingerprint density at radius 2 is 1.96 bits per heavy atom. The van der Waals surface area contributed by atoms with E-state index < -0.39 is 9.84 Å². The molecule has 0 saturated carbocycles. The minimum Gasteiger partial charge on any atom is -0.356 e. The van der Waals surface area contributed by atoms with Crippen molar-refractivity contribution >= 4 is 39.8 Å². The molecule has 0 aromatic carbocycles. The lowest BCUT2D eigenvalue weighted by atomic mass is 9.90. The van der Waals surface area contributed by atoms with Gasteiger partial charge in [0, 0.05) is 39.0 Å². The van der Waals surface area contributed by atoms with Gasteiger partial charge < -0.3 is 15.5 Å². The Balaban J connectivity index is 0.00000625. The summed E-state index contributed by atoms with van der Waals surface area (Å²) in [5.74, 6) is 1.01. The van der Waals surface area contributed by atoms with Gasteiger partial charge in [-0.3, -0.25) is 4.99 Å². The van der Waals surface area contributed by atoms with Crippen LogP contribution in [0.1, 0.15) is 52.9 Å². The normalized spacial score (nSPS) is 19.7. The molecular weight excluding hydrogens is 463 g/mol. The van der Waals surface area contributed by atoms with Crippen molar-refractivity contribution in [3.05, 3.63) is 0 Å². The molecule has 1 aliphatic heterocycles. The van der Waals surface area contributed by atoms with E-state index in [0.717, 1.165) is 25.5 Å². The Hall–Kier alpha value is -0.0900. The van der Waals surface area contributed by atoms with Gasteiger partial charge >= 0.3 is 0 Å². The number of hydrogen-bond donors (Lipinski definition) is 2. The lowest BCUT2D eigenvalue weighted by Crippen LogP contribution is -2.44. The molecule has 1 rings (SSSR count). The summed E-state index contributed by atoms with van der Waals surface area (Å²) in [4.78, 5) is 6.84. The Morgan fingerprint density at radius 1 is 1.27 bits per heavy atom. The van der Waals surface area contributed by atoms with Gasteiger partial charge in [-0.1, -0.05) is 20.3 Å². The van der Waals surface area contributed by atoms with Crippen molar-refractivity contribution in [2.75, 3.05) is 45.2 Å².